The topological polar surface area (TPSA) is 15.3 Å². The van der Waals surface area contributed by atoms with Gasteiger partial charge in [-0.15, -0.1) is 0 Å². The number of hydrogen-bond acceptors (Lipinski definition) is 3. The predicted molar refractivity (Wildman–Crippen MR) is 75.3 cm³/mol. The zero-order chi connectivity index (χ0) is 11.8. The zero-order valence-electron chi connectivity index (χ0n) is 11.2. The summed E-state index contributed by atoms with van der Waals surface area (Å²) in [6.07, 6.45) is 6.16. The molecule has 1 N–H and O–H groups in total. The highest BCUT2D eigenvalue weighted by Crippen LogP contribution is 2.21. The Balaban J connectivity index is 2.22. The Labute approximate surface area is 106 Å². The minimum absolute atomic E-state index is 0.811. The highest BCUT2D eigenvalue weighted by molar-refractivity contribution is 7.98. The van der Waals surface area contributed by atoms with Crippen molar-refractivity contribution in [3.8, 4) is 0 Å². The van der Waals surface area contributed by atoms with Crippen LogP contribution in [0.3, 0.4) is 0 Å². The van der Waals surface area contributed by atoms with Crippen LogP contribution in [0, 0.1) is 5.92 Å². The molecule has 1 aliphatic rings. The van der Waals surface area contributed by atoms with Crippen LogP contribution in [0.25, 0.3) is 0 Å². The fourth-order valence-corrected chi connectivity index (χ4v) is 3.35. The second-order valence-corrected chi connectivity index (χ2v) is 5.78. The normalized spacial score (nSPS) is 23.8. The van der Waals surface area contributed by atoms with Crippen LogP contribution < -0.4 is 5.32 Å². The molecule has 0 spiro atoms. The Bertz CT molecular complexity index is 175. The molecular weight excluding hydrogens is 216 g/mol. The van der Waals surface area contributed by atoms with Crippen molar-refractivity contribution in [3.05, 3.63) is 0 Å². The standard InChI is InChI=1S/C13H28N2S/c1-4-7-14-9-12-6-8-15(10-12)13(5-2)11-16-3/h12-14H,4-11H2,1-3H3. The van der Waals surface area contributed by atoms with Crippen molar-refractivity contribution in [2.75, 3.05) is 38.2 Å². The van der Waals surface area contributed by atoms with E-state index in [9.17, 15) is 0 Å². The van der Waals surface area contributed by atoms with Crippen molar-refractivity contribution in [2.24, 2.45) is 5.92 Å². The highest BCUT2D eigenvalue weighted by atomic mass is 32.2. The average Bonchev–Trinajstić information content (AvgIpc) is 2.75. The van der Waals surface area contributed by atoms with E-state index in [1.807, 2.05) is 11.8 Å². The Morgan fingerprint density at radius 1 is 1.44 bits per heavy atom. The van der Waals surface area contributed by atoms with Crippen molar-refractivity contribution in [3.63, 3.8) is 0 Å². The summed E-state index contributed by atoms with van der Waals surface area (Å²) in [6.45, 7) is 9.59. The molecule has 1 heterocycles. The lowest BCUT2D eigenvalue weighted by Crippen LogP contribution is -2.35. The molecular formula is C13H28N2S. The van der Waals surface area contributed by atoms with Gasteiger partial charge >= 0.3 is 0 Å². The maximum atomic E-state index is 3.55. The molecule has 2 atom stereocenters. The fraction of sp³-hybridized carbons (Fsp3) is 1.00. The van der Waals surface area contributed by atoms with Gasteiger partial charge in [0.05, 0.1) is 0 Å². The molecule has 1 fully saturated rings. The van der Waals surface area contributed by atoms with Gasteiger partial charge in [0.25, 0.3) is 0 Å². The third-order valence-corrected chi connectivity index (χ3v) is 4.24. The van der Waals surface area contributed by atoms with Gasteiger partial charge in [-0.2, -0.15) is 11.8 Å². The van der Waals surface area contributed by atoms with Gasteiger partial charge in [-0.1, -0.05) is 13.8 Å². The van der Waals surface area contributed by atoms with E-state index >= 15 is 0 Å². The van der Waals surface area contributed by atoms with Crippen LogP contribution in [0.15, 0.2) is 0 Å². The fourth-order valence-electron chi connectivity index (χ4n) is 2.52. The molecule has 0 aromatic carbocycles. The summed E-state index contributed by atoms with van der Waals surface area (Å²) in [5.74, 6) is 2.19. The van der Waals surface area contributed by atoms with Crippen LogP contribution in [0.5, 0.6) is 0 Å². The van der Waals surface area contributed by atoms with E-state index in [0.29, 0.717) is 0 Å². The first-order valence-electron chi connectivity index (χ1n) is 6.75. The largest absolute Gasteiger partial charge is 0.316 e. The van der Waals surface area contributed by atoms with E-state index in [2.05, 4.69) is 30.3 Å². The Kier molecular flexibility index (Phi) is 7.50. The van der Waals surface area contributed by atoms with Gasteiger partial charge in [0.15, 0.2) is 0 Å². The van der Waals surface area contributed by atoms with Gasteiger partial charge in [0, 0.05) is 18.3 Å². The summed E-state index contributed by atoms with van der Waals surface area (Å²) in [6, 6.07) is 0.811. The molecule has 3 heteroatoms. The van der Waals surface area contributed by atoms with Gasteiger partial charge in [0.2, 0.25) is 0 Å². The molecule has 0 aromatic heterocycles. The van der Waals surface area contributed by atoms with Crippen LogP contribution in [0.4, 0.5) is 0 Å². The second-order valence-electron chi connectivity index (χ2n) is 4.87. The number of nitrogens with zero attached hydrogens (tertiary/aromatic N) is 1. The van der Waals surface area contributed by atoms with Crippen LogP contribution in [0.2, 0.25) is 0 Å². The smallest absolute Gasteiger partial charge is 0.0183 e. The summed E-state index contributed by atoms with van der Waals surface area (Å²) in [5.41, 5.74) is 0. The number of rotatable bonds is 8. The zero-order valence-corrected chi connectivity index (χ0v) is 12.0. The van der Waals surface area contributed by atoms with Crippen molar-refractivity contribution in [1.82, 2.24) is 10.2 Å². The molecule has 0 radical (unpaired) electrons. The molecule has 0 aliphatic carbocycles. The van der Waals surface area contributed by atoms with Gasteiger partial charge in [-0.25, -0.2) is 0 Å². The molecule has 0 bridgehead atoms. The monoisotopic (exact) mass is 244 g/mol. The second kappa shape index (κ2) is 8.37. The van der Waals surface area contributed by atoms with Crippen molar-refractivity contribution >= 4 is 11.8 Å². The molecule has 16 heavy (non-hydrogen) atoms. The van der Waals surface area contributed by atoms with Crippen LogP contribution in [-0.4, -0.2) is 49.1 Å². The third-order valence-electron chi connectivity index (χ3n) is 3.52. The molecule has 0 saturated carbocycles. The van der Waals surface area contributed by atoms with E-state index in [4.69, 9.17) is 0 Å². The van der Waals surface area contributed by atoms with Gasteiger partial charge in [-0.05, 0) is 51.1 Å². The summed E-state index contributed by atoms with van der Waals surface area (Å²) >= 11 is 1.99. The molecule has 2 nitrogen and oxygen atoms in total. The highest BCUT2D eigenvalue weighted by Gasteiger charge is 2.26. The lowest BCUT2D eigenvalue weighted by Gasteiger charge is -2.26. The third kappa shape index (κ3) is 4.64. The Hall–Kier alpha value is 0.270. The Morgan fingerprint density at radius 3 is 2.88 bits per heavy atom. The summed E-state index contributed by atoms with van der Waals surface area (Å²) in [4.78, 5) is 2.70. The minimum Gasteiger partial charge on any atom is -0.316 e. The van der Waals surface area contributed by atoms with Crippen LogP contribution in [-0.2, 0) is 0 Å². The predicted octanol–water partition coefficient (Wildman–Crippen LogP) is 2.45. The number of thioether (sulfide) groups is 1. The van der Waals surface area contributed by atoms with E-state index in [1.54, 1.807) is 0 Å². The van der Waals surface area contributed by atoms with E-state index < -0.39 is 0 Å². The molecule has 1 aliphatic heterocycles. The SMILES string of the molecule is CCCNCC1CCN(C(CC)CSC)C1. The number of likely N-dealkylation sites (tertiary alicyclic amines) is 1. The minimum atomic E-state index is 0.811. The number of nitrogens with one attached hydrogen (secondary N) is 1. The van der Waals surface area contributed by atoms with E-state index in [0.717, 1.165) is 12.0 Å². The van der Waals surface area contributed by atoms with Gasteiger partial charge in [-0.3, -0.25) is 4.90 Å². The maximum Gasteiger partial charge on any atom is 0.0183 e. The maximum absolute atomic E-state index is 3.55. The molecule has 1 saturated heterocycles. The number of hydrogen-bond donors (Lipinski definition) is 1. The molecule has 1 rings (SSSR count). The van der Waals surface area contributed by atoms with Crippen molar-refractivity contribution < 1.29 is 0 Å². The van der Waals surface area contributed by atoms with Gasteiger partial charge < -0.3 is 5.32 Å². The van der Waals surface area contributed by atoms with Crippen LogP contribution in [0.1, 0.15) is 33.1 Å². The molecule has 2 unspecified atom stereocenters. The van der Waals surface area contributed by atoms with Gasteiger partial charge in [0.1, 0.15) is 0 Å². The van der Waals surface area contributed by atoms with E-state index in [1.165, 1.54) is 51.2 Å². The molecule has 96 valence electrons. The first-order chi connectivity index (χ1) is 7.81. The molecule has 0 aromatic rings. The lowest BCUT2D eigenvalue weighted by molar-refractivity contribution is 0.247. The first-order valence-corrected chi connectivity index (χ1v) is 8.14. The first kappa shape index (κ1) is 14.3. The summed E-state index contributed by atoms with van der Waals surface area (Å²) in [5, 5.41) is 3.55. The van der Waals surface area contributed by atoms with Crippen LogP contribution >= 0.6 is 11.8 Å². The van der Waals surface area contributed by atoms with Crippen molar-refractivity contribution in [1.29, 1.82) is 0 Å². The summed E-state index contributed by atoms with van der Waals surface area (Å²) < 4.78 is 0. The molecule has 0 amide bonds. The summed E-state index contributed by atoms with van der Waals surface area (Å²) in [7, 11) is 0. The average molecular weight is 244 g/mol. The Morgan fingerprint density at radius 2 is 2.25 bits per heavy atom. The quantitative estimate of drug-likeness (QED) is 0.660. The van der Waals surface area contributed by atoms with Crippen molar-refractivity contribution in [2.45, 2.75) is 39.2 Å². The lowest BCUT2D eigenvalue weighted by atomic mass is 10.1. The van der Waals surface area contributed by atoms with E-state index in [-0.39, 0.29) is 0 Å².